The molecule has 0 aliphatic rings. The van der Waals surface area contributed by atoms with Crippen molar-refractivity contribution in [3.05, 3.63) is 66.2 Å². The number of hydrogen-bond acceptors (Lipinski definition) is 6. The Morgan fingerprint density at radius 1 is 0.880 bits per heavy atom. The van der Waals surface area contributed by atoms with Gasteiger partial charge in [0.15, 0.2) is 0 Å². The van der Waals surface area contributed by atoms with E-state index in [4.69, 9.17) is 16.2 Å². The van der Waals surface area contributed by atoms with Gasteiger partial charge in [-0.05, 0) is 42.0 Å². The van der Waals surface area contributed by atoms with Crippen LogP contribution in [-0.4, -0.2) is 16.2 Å². The van der Waals surface area contributed by atoms with E-state index in [0.29, 0.717) is 16.8 Å². The van der Waals surface area contributed by atoms with Gasteiger partial charge in [0.05, 0.1) is 11.3 Å². The van der Waals surface area contributed by atoms with Crippen molar-refractivity contribution in [2.45, 2.75) is 0 Å². The van der Waals surface area contributed by atoms with Crippen LogP contribution < -0.4 is 16.2 Å². The molecule has 0 saturated heterocycles. The molecule has 0 aliphatic carbocycles. The summed E-state index contributed by atoms with van der Waals surface area (Å²) in [7, 11) is 0. The zero-order valence-corrected chi connectivity index (χ0v) is 13.1. The van der Waals surface area contributed by atoms with E-state index in [1.807, 2.05) is 0 Å². The highest BCUT2D eigenvalue weighted by atomic mass is 16.5. The van der Waals surface area contributed by atoms with Crippen LogP contribution in [0, 0.1) is 0 Å². The van der Waals surface area contributed by atoms with Crippen LogP contribution in [0.1, 0.15) is 10.4 Å². The van der Waals surface area contributed by atoms with Crippen molar-refractivity contribution in [1.82, 2.24) is 0 Å². The number of nitrogens with two attached hydrogens (primary N) is 2. The molecule has 0 amide bonds. The van der Waals surface area contributed by atoms with Gasteiger partial charge in [-0.2, -0.15) is 0 Å². The number of aromatic hydroxyl groups is 2. The number of ether oxygens (including phenoxy) is 1. The van der Waals surface area contributed by atoms with E-state index in [0.717, 1.165) is 0 Å². The van der Waals surface area contributed by atoms with Crippen LogP contribution >= 0.6 is 0 Å². The van der Waals surface area contributed by atoms with E-state index >= 15 is 0 Å². The minimum absolute atomic E-state index is 0.111. The molecular formula is C19H16N2O4. The van der Waals surface area contributed by atoms with Crippen LogP contribution in [0.15, 0.2) is 60.7 Å². The van der Waals surface area contributed by atoms with Gasteiger partial charge in [-0.15, -0.1) is 0 Å². The molecule has 25 heavy (non-hydrogen) atoms. The summed E-state index contributed by atoms with van der Waals surface area (Å²) in [6.07, 6.45) is 0. The SMILES string of the molecule is Nc1ccc(OC(=O)c2cccc(N)c2-c2ccc(O)cc2)cc1O. The Hall–Kier alpha value is -3.67. The van der Waals surface area contributed by atoms with Crippen molar-refractivity contribution in [3.63, 3.8) is 0 Å². The first kappa shape index (κ1) is 16.2. The van der Waals surface area contributed by atoms with E-state index in [1.54, 1.807) is 30.3 Å². The number of esters is 1. The lowest BCUT2D eigenvalue weighted by Crippen LogP contribution is -2.11. The van der Waals surface area contributed by atoms with Crippen LogP contribution in [0.4, 0.5) is 11.4 Å². The molecule has 6 N–H and O–H groups in total. The Bertz CT molecular complexity index is 937. The number of phenols is 2. The summed E-state index contributed by atoms with van der Waals surface area (Å²) in [4.78, 5) is 12.6. The first-order valence-electron chi connectivity index (χ1n) is 7.44. The molecule has 3 aromatic carbocycles. The fraction of sp³-hybridized carbons (Fsp3) is 0. The fourth-order valence-corrected chi connectivity index (χ4v) is 2.44. The summed E-state index contributed by atoms with van der Waals surface area (Å²) in [5, 5.41) is 19.1. The fourth-order valence-electron chi connectivity index (χ4n) is 2.44. The first-order chi connectivity index (χ1) is 12.0. The van der Waals surface area contributed by atoms with Gasteiger partial charge < -0.3 is 26.4 Å². The average molecular weight is 336 g/mol. The summed E-state index contributed by atoms with van der Waals surface area (Å²) in [5.41, 5.74) is 13.6. The minimum atomic E-state index is -0.625. The van der Waals surface area contributed by atoms with Gasteiger partial charge in [0, 0.05) is 17.3 Å². The Morgan fingerprint density at radius 3 is 2.28 bits per heavy atom. The van der Waals surface area contributed by atoms with Crippen LogP contribution in [0.25, 0.3) is 11.1 Å². The van der Waals surface area contributed by atoms with Crippen LogP contribution in [0.3, 0.4) is 0 Å². The van der Waals surface area contributed by atoms with Crippen molar-refractivity contribution in [1.29, 1.82) is 0 Å². The Kier molecular flexibility index (Phi) is 4.18. The Morgan fingerprint density at radius 2 is 1.60 bits per heavy atom. The number of carbonyl (C=O) groups excluding carboxylic acids is 1. The third kappa shape index (κ3) is 3.32. The number of nitrogen functional groups attached to an aromatic ring is 2. The quantitative estimate of drug-likeness (QED) is 0.252. The van der Waals surface area contributed by atoms with E-state index in [-0.39, 0.29) is 28.5 Å². The second kappa shape index (κ2) is 6.45. The first-order valence-corrected chi connectivity index (χ1v) is 7.44. The second-order valence-corrected chi connectivity index (χ2v) is 5.43. The lowest BCUT2D eigenvalue weighted by Gasteiger charge is -2.13. The molecular weight excluding hydrogens is 320 g/mol. The van der Waals surface area contributed by atoms with Crippen LogP contribution in [-0.2, 0) is 0 Å². The summed E-state index contributed by atoms with van der Waals surface area (Å²) in [5.74, 6) is -0.522. The van der Waals surface area contributed by atoms with E-state index < -0.39 is 5.97 Å². The number of hydrogen-bond donors (Lipinski definition) is 4. The topological polar surface area (TPSA) is 119 Å². The Labute approximate surface area is 143 Å². The van der Waals surface area contributed by atoms with Crippen molar-refractivity contribution in [3.8, 4) is 28.4 Å². The van der Waals surface area contributed by atoms with Crippen LogP contribution in [0.5, 0.6) is 17.2 Å². The molecule has 0 saturated carbocycles. The molecule has 0 bridgehead atoms. The Balaban J connectivity index is 1.99. The third-order valence-corrected chi connectivity index (χ3v) is 3.69. The molecule has 0 aromatic heterocycles. The standard InChI is InChI=1S/C19H16N2O4/c20-15-9-8-13(10-17(15)23)25-19(24)14-2-1-3-16(21)18(14)11-4-6-12(22)7-5-11/h1-10,22-23H,20-21H2. The van der Waals surface area contributed by atoms with Gasteiger partial charge in [0.25, 0.3) is 0 Å². The van der Waals surface area contributed by atoms with E-state index in [9.17, 15) is 15.0 Å². The number of benzene rings is 3. The van der Waals surface area contributed by atoms with Crippen LogP contribution in [0.2, 0.25) is 0 Å². The molecule has 3 rings (SSSR count). The number of phenolic OH excluding ortho intramolecular Hbond substituents is 2. The molecule has 126 valence electrons. The van der Waals surface area contributed by atoms with Crippen molar-refractivity contribution < 1.29 is 19.7 Å². The minimum Gasteiger partial charge on any atom is -0.508 e. The van der Waals surface area contributed by atoms with Gasteiger partial charge >= 0.3 is 5.97 Å². The number of anilines is 2. The lowest BCUT2D eigenvalue weighted by atomic mass is 9.97. The van der Waals surface area contributed by atoms with Gasteiger partial charge in [-0.25, -0.2) is 4.79 Å². The molecule has 0 aliphatic heterocycles. The third-order valence-electron chi connectivity index (χ3n) is 3.69. The highest BCUT2D eigenvalue weighted by Gasteiger charge is 2.18. The van der Waals surface area contributed by atoms with E-state index in [1.165, 1.54) is 30.3 Å². The molecule has 0 unspecified atom stereocenters. The van der Waals surface area contributed by atoms with Crippen molar-refractivity contribution >= 4 is 17.3 Å². The monoisotopic (exact) mass is 336 g/mol. The molecule has 6 nitrogen and oxygen atoms in total. The maximum absolute atomic E-state index is 12.6. The summed E-state index contributed by atoms with van der Waals surface area (Å²) in [6.45, 7) is 0. The molecule has 0 fully saturated rings. The van der Waals surface area contributed by atoms with Gasteiger partial charge in [-0.1, -0.05) is 18.2 Å². The van der Waals surface area contributed by atoms with Gasteiger partial charge in [0.1, 0.15) is 17.2 Å². The largest absolute Gasteiger partial charge is 0.508 e. The maximum atomic E-state index is 12.6. The smallest absolute Gasteiger partial charge is 0.344 e. The van der Waals surface area contributed by atoms with Crippen molar-refractivity contribution in [2.24, 2.45) is 0 Å². The van der Waals surface area contributed by atoms with E-state index in [2.05, 4.69) is 0 Å². The van der Waals surface area contributed by atoms with Gasteiger partial charge in [-0.3, -0.25) is 0 Å². The predicted molar refractivity (Wildman–Crippen MR) is 95.4 cm³/mol. The molecule has 6 heteroatoms. The van der Waals surface area contributed by atoms with Gasteiger partial charge in [0.2, 0.25) is 0 Å². The zero-order valence-electron chi connectivity index (χ0n) is 13.1. The highest BCUT2D eigenvalue weighted by molar-refractivity contribution is 6.01. The molecule has 0 atom stereocenters. The molecule has 0 spiro atoms. The number of rotatable bonds is 3. The second-order valence-electron chi connectivity index (χ2n) is 5.43. The molecule has 0 heterocycles. The number of carbonyl (C=O) groups is 1. The molecule has 0 radical (unpaired) electrons. The zero-order chi connectivity index (χ0) is 18.0. The van der Waals surface area contributed by atoms with Crippen molar-refractivity contribution in [2.75, 3.05) is 11.5 Å². The molecule has 3 aromatic rings. The summed E-state index contributed by atoms with van der Waals surface area (Å²) < 4.78 is 5.32. The highest BCUT2D eigenvalue weighted by Crippen LogP contribution is 2.32. The predicted octanol–water partition coefficient (Wildman–Crippen LogP) is 3.15. The summed E-state index contributed by atoms with van der Waals surface area (Å²) >= 11 is 0. The normalized spacial score (nSPS) is 10.4. The lowest BCUT2D eigenvalue weighted by molar-refractivity contribution is 0.0735. The maximum Gasteiger partial charge on any atom is 0.344 e. The summed E-state index contributed by atoms with van der Waals surface area (Å²) in [6, 6.07) is 15.4. The average Bonchev–Trinajstić information content (AvgIpc) is 2.59.